The first kappa shape index (κ1) is 20.7. The standard InChI is InChI=1S/C18H24BrNO6S/c1-11-8-13(2-3-15(11)19)12-4-6-20(7-5-12)27(24,25)26-18(23)14-9-16(21)17(22)10-14/h2-3,8,12,14,16-17,21-22H,4-7,9-10H2,1H3/t14-,16-,17+. The van der Waals surface area contributed by atoms with Crippen molar-refractivity contribution < 1.29 is 27.6 Å². The Bertz CT molecular complexity index is 796. The molecular weight excluding hydrogens is 438 g/mol. The molecule has 1 heterocycles. The maximum Gasteiger partial charge on any atom is 0.387 e. The third-order valence-electron chi connectivity index (χ3n) is 5.44. The van der Waals surface area contributed by atoms with Crippen LogP contribution in [0.3, 0.4) is 0 Å². The van der Waals surface area contributed by atoms with Crippen molar-refractivity contribution in [2.45, 2.75) is 50.7 Å². The van der Waals surface area contributed by atoms with E-state index in [0.717, 1.165) is 10.0 Å². The molecule has 0 unspecified atom stereocenters. The molecule has 2 fully saturated rings. The molecule has 0 spiro atoms. The zero-order chi connectivity index (χ0) is 19.8. The fraction of sp³-hybridized carbons (Fsp3) is 0.611. The zero-order valence-electron chi connectivity index (χ0n) is 15.0. The second-order valence-corrected chi connectivity index (χ2v) is 9.74. The fourth-order valence-electron chi connectivity index (χ4n) is 3.74. The second-order valence-electron chi connectivity index (χ2n) is 7.35. The van der Waals surface area contributed by atoms with Gasteiger partial charge in [-0.25, -0.2) is 0 Å². The van der Waals surface area contributed by atoms with Crippen LogP contribution in [0.2, 0.25) is 0 Å². The molecule has 1 aromatic rings. The molecule has 1 aliphatic heterocycles. The minimum absolute atomic E-state index is 0.0144. The third-order valence-corrected chi connectivity index (χ3v) is 7.70. The van der Waals surface area contributed by atoms with Crippen molar-refractivity contribution in [1.82, 2.24) is 4.31 Å². The summed E-state index contributed by atoms with van der Waals surface area (Å²) in [5, 5.41) is 19.0. The summed E-state index contributed by atoms with van der Waals surface area (Å²) in [5.41, 5.74) is 2.32. The first-order valence-electron chi connectivity index (χ1n) is 9.03. The molecule has 0 radical (unpaired) electrons. The quantitative estimate of drug-likeness (QED) is 0.708. The van der Waals surface area contributed by atoms with Crippen molar-refractivity contribution in [2.75, 3.05) is 13.1 Å². The summed E-state index contributed by atoms with van der Waals surface area (Å²) in [6.07, 6.45) is -0.705. The lowest BCUT2D eigenvalue weighted by Crippen LogP contribution is -2.40. The van der Waals surface area contributed by atoms with E-state index in [1.807, 2.05) is 19.1 Å². The smallest absolute Gasteiger partial charge is 0.387 e. The van der Waals surface area contributed by atoms with Gasteiger partial charge in [0.05, 0.1) is 18.1 Å². The number of aliphatic hydroxyl groups is 2. The minimum atomic E-state index is -4.16. The Balaban J connectivity index is 1.58. The predicted molar refractivity (Wildman–Crippen MR) is 102 cm³/mol. The van der Waals surface area contributed by atoms with Gasteiger partial charge in [0.25, 0.3) is 0 Å². The van der Waals surface area contributed by atoms with Crippen molar-refractivity contribution in [1.29, 1.82) is 0 Å². The minimum Gasteiger partial charge on any atom is -0.390 e. The van der Waals surface area contributed by atoms with Crippen molar-refractivity contribution in [3.8, 4) is 0 Å². The van der Waals surface area contributed by atoms with Crippen molar-refractivity contribution >= 4 is 32.2 Å². The van der Waals surface area contributed by atoms with Gasteiger partial charge in [0.15, 0.2) is 0 Å². The van der Waals surface area contributed by atoms with Gasteiger partial charge in [0.2, 0.25) is 0 Å². The Kier molecular flexibility index (Phi) is 6.27. The van der Waals surface area contributed by atoms with E-state index >= 15 is 0 Å². The van der Waals surface area contributed by atoms with Crippen LogP contribution in [0.5, 0.6) is 0 Å². The Morgan fingerprint density at radius 1 is 1.19 bits per heavy atom. The van der Waals surface area contributed by atoms with Gasteiger partial charge in [-0.15, -0.1) is 0 Å². The second kappa shape index (κ2) is 8.16. The summed E-state index contributed by atoms with van der Waals surface area (Å²) in [5.74, 6) is -1.44. The van der Waals surface area contributed by atoms with E-state index in [9.17, 15) is 23.4 Å². The Hall–Kier alpha value is -1.00. The summed E-state index contributed by atoms with van der Waals surface area (Å²) in [6, 6.07) is 6.15. The summed E-state index contributed by atoms with van der Waals surface area (Å²) < 4.78 is 31.8. The molecule has 27 heavy (non-hydrogen) atoms. The molecule has 1 saturated heterocycles. The molecule has 9 heteroatoms. The van der Waals surface area contributed by atoms with Gasteiger partial charge in [0.1, 0.15) is 0 Å². The van der Waals surface area contributed by atoms with E-state index in [2.05, 4.69) is 22.0 Å². The van der Waals surface area contributed by atoms with Gasteiger partial charge in [0, 0.05) is 17.6 Å². The number of carbonyl (C=O) groups is 1. The van der Waals surface area contributed by atoms with Gasteiger partial charge >= 0.3 is 16.3 Å². The van der Waals surface area contributed by atoms with Gasteiger partial charge in [-0.05, 0) is 55.7 Å². The molecule has 2 aliphatic rings. The van der Waals surface area contributed by atoms with Crippen LogP contribution in [0.15, 0.2) is 22.7 Å². The molecule has 150 valence electrons. The summed E-state index contributed by atoms with van der Waals surface area (Å²) in [4.78, 5) is 12.1. The lowest BCUT2D eigenvalue weighted by molar-refractivity contribution is -0.138. The number of hydrogen-bond acceptors (Lipinski definition) is 6. The van der Waals surface area contributed by atoms with Gasteiger partial charge in [-0.2, -0.15) is 12.7 Å². The average molecular weight is 462 g/mol. The van der Waals surface area contributed by atoms with Crippen molar-refractivity contribution in [2.24, 2.45) is 5.92 Å². The topological polar surface area (TPSA) is 104 Å². The number of piperidine rings is 1. The molecule has 0 aromatic heterocycles. The van der Waals surface area contributed by atoms with Crippen molar-refractivity contribution in [3.63, 3.8) is 0 Å². The fourth-order valence-corrected chi connectivity index (χ4v) is 5.10. The Morgan fingerprint density at radius 3 is 2.33 bits per heavy atom. The highest BCUT2D eigenvalue weighted by atomic mass is 79.9. The first-order valence-corrected chi connectivity index (χ1v) is 11.2. The lowest BCUT2D eigenvalue weighted by Gasteiger charge is -2.30. The molecule has 3 atom stereocenters. The highest BCUT2D eigenvalue weighted by molar-refractivity contribution is 9.10. The van der Waals surface area contributed by atoms with Crippen LogP contribution in [0.4, 0.5) is 0 Å². The number of aliphatic hydroxyl groups excluding tert-OH is 2. The normalized spacial score (nSPS) is 27.6. The molecular formula is C18H24BrNO6S. The summed E-state index contributed by atoms with van der Waals surface area (Å²) >= 11 is 3.48. The van der Waals surface area contributed by atoms with Gasteiger partial charge in [-0.3, -0.25) is 4.79 Å². The largest absolute Gasteiger partial charge is 0.390 e. The lowest BCUT2D eigenvalue weighted by atomic mass is 9.89. The number of nitrogens with zero attached hydrogens (tertiary/aromatic N) is 1. The van der Waals surface area contributed by atoms with Crippen LogP contribution in [-0.2, 0) is 19.3 Å². The molecule has 0 bridgehead atoms. The van der Waals surface area contributed by atoms with E-state index in [0.29, 0.717) is 12.8 Å². The molecule has 1 aliphatic carbocycles. The highest BCUT2D eigenvalue weighted by Gasteiger charge is 2.40. The van der Waals surface area contributed by atoms with E-state index in [1.165, 1.54) is 9.87 Å². The Morgan fingerprint density at radius 2 is 1.78 bits per heavy atom. The van der Waals surface area contributed by atoms with Crippen molar-refractivity contribution in [3.05, 3.63) is 33.8 Å². The molecule has 1 aromatic carbocycles. The number of hydrogen-bond donors (Lipinski definition) is 2. The highest BCUT2D eigenvalue weighted by Crippen LogP contribution is 2.32. The number of rotatable bonds is 4. The van der Waals surface area contributed by atoms with Crippen LogP contribution in [0, 0.1) is 12.8 Å². The monoisotopic (exact) mass is 461 g/mol. The third kappa shape index (κ3) is 4.71. The van der Waals surface area contributed by atoms with E-state index in [-0.39, 0.29) is 31.8 Å². The number of benzene rings is 1. The maximum atomic E-state index is 12.4. The van der Waals surface area contributed by atoms with Crippen LogP contribution in [0.25, 0.3) is 0 Å². The molecule has 0 amide bonds. The van der Waals surface area contributed by atoms with Crippen LogP contribution >= 0.6 is 15.9 Å². The Labute approximate surface area is 167 Å². The molecule has 3 rings (SSSR count). The van der Waals surface area contributed by atoms with Crippen LogP contribution < -0.4 is 0 Å². The predicted octanol–water partition coefficient (Wildman–Crippen LogP) is 1.86. The summed E-state index contributed by atoms with van der Waals surface area (Å²) in [7, 11) is -4.16. The maximum absolute atomic E-state index is 12.4. The van der Waals surface area contributed by atoms with Crippen LogP contribution in [0.1, 0.15) is 42.7 Å². The van der Waals surface area contributed by atoms with E-state index in [1.54, 1.807) is 0 Å². The first-order chi connectivity index (χ1) is 12.7. The zero-order valence-corrected chi connectivity index (χ0v) is 17.4. The average Bonchev–Trinajstić information content (AvgIpc) is 2.96. The van der Waals surface area contributed by atoms with Gasteiger partial charge in [-0.1, -0.05) is 28.1 Å². The van der Waals surface area contributed by atoms with Gasteiger partial charge < -0.3 is 14.4 Å². The van der Waals surface area contributed by atoms with Crippen LogP contribution in [-0.4, -0.2) is 54.2 Å². The number of aryl methyl sites for hydroxylation is 1. The molecule has 2 N–H and O–H groups in total. The number of halogens is 1. The summed E-state index contributed by atoms with van der Waals surface area (Å²) in [6.45, 7) is 2.58. The molecule has 7 nitrogen and oxygen atoms in total. The van der Waals surface area contributed by atoms with E-state index in [4.69, 9.17) is 4.18 Å². The number of carbonyl (C=O) groups excluding carboxylic acids is 1. The SMILES string of the molecule is Cc1cc(C2CCN(S(=O)(=O)OC(=O)[C@@H]3C[C@@H](O)[C@@H](O)C3)CC2)ccc1Br. The molecule has 1 saturated carbocycles. The van der Waals surface area contributed by atoms with E-state index < -0.39 is 34.4 Å².